The molecule has 0 spiro atoms. The zero-order valence-corrected chi connectivity index (χ0v) is 15.4. The first-order valence-electron chi connectivity index (χ1n) is 7.53. The van der Waals surface area contributed by atoms with Gasteiger partial charge >= 0.3 is 0 Å². The second-order valence-electron chi connectivity index (χ2n) is 5.78. The molecule has 0 aliphatic rings. The predicted octanol–water partition coefficient (Wildman–Crippen LogP) is 3.23. The Morgan fingerprint density at radius 3 is 2.50 bits per heavy atom. The summed E-state index contributed by atoms with van der Waals surface area (Å²) in [4.78, 5) is 12.2. The van der Waals surface area contributed by atoms with E-state index in [0.717, 1.165) is 5.69 Å². The topological polar surface area (TPSA) is 81.1 Å². The van der Waals surface area contributed by atoms with Crippen LogP contribution in [0.5, 0.6) is 0 Å². The lowest BCUT2D eigenvalue weighted by atomic mass is 10.4. The van der Waals surface area contributed by atoms with E-state index in [1.807, 2.05) is 20.8 Å². The summed E-state index contributed by atoms with van der Waals surface area (Å²) >= 11 is 5.75. The third kappa shape index (κ3) is 4.58. The van der Waals surface area contributed by atoms with Gasteiger partial charge in [-0.15, -0.1) is 0 Å². The van der Waals surface area contributed by atoms with Crippen molar-refractivity contribution in [2.45, 2.75) is 38.1 Å². The maximum Gasteiger partial charge on any atom is 0.226 e. The summed E-state index contributed by atoms with van der Waals surface area (Å²) in [6.45, 7) is 5.74. The number of nitrogens with zero attached hydrogens (tertiary/aromatic N) is 2. The van der Waals surface area contributed by atoms with Crippen molar-refractivity contribution in [1.29, 1.82) is 0 Å². The molecule has 1 aromatic heterocycles. The molecular weight excluding hydrogens is 350 g/mol. The van der Waals surface area contributed by atoms with Gasteiger partial charge < -0.3 is 5.32 Å². The Hall–Kier alpha value is -1.86. The molecule has 6 nitrogen and oxygen atoms in total. The first kappa shape index (κ1) is 18.5. The molecule has 0 saturated heterocycles. The van der Waals surface area contributed by atoms with Gasteiger partial charge in [-0.2, -0.15) is 5.10 Å². The van der Waals surface area contributed by atoms with E-state index < -0.39 is 9.84 Å². The number of anilines is 1. The summed E-state index contributed by atoms with van der Waals surface area (Å²) in [6.07, 6.45) is -0.132. The maximum absolute atomic E-state index is 12.2. The monoisotopic (exact) mass is 369 g/mol. The fourth-order valence-corrected chi connectivity index (χ4v) is 3.56. The Morgan fingerprint density at radius 2 is 1.92 bits per heavy atom. The third-order valence-electron chi connectivity index (χ3n) is 3.39. The fraction of sp³-hybridized carbons (Fsp3) is 0.375. The Kier molecular flexibility index (Phi) is 5.66. The number of sulfone groups is 1. The fourth-order valence-electron chi connectivity index (χ4n) is 2.20. The van der Waals surface area contributed by atoms with E-state index in [0.29, 0.717) is 10.8 Å². The molecule has 0 fully saturated rings. The summed E-state index contributed by atoms with van der Waals surface area (Å²) in [7, 11) is -3.53. The van der Waals surface area contributed by atoms with E-state index >= 15 is 0 Å². The molecule has 0 unspecified atom stereocenters. The lowest BCUT2D eigenvalue weighted by Gasteiger charge is -2.11. The van der Waals surface area contributed by atoms with Gasteiger partial charge in [-0.25, -0.2) is 13.1 Å². The summed E-state index contributed by atoms with van der Waals surface area (Å²) in [5, 5.41) is 7.48. The van der Waals surface area contributed by atoms with Crippen molar-refractivity contribution in [3.05, 3.63) is 41.0 Å². The molecule has 1 N–H and O–H groups in total. The number of hydrogen-bond acceptors (Lipinski definition) is 4. The maximum atomic E-state index is 12.2. The van der Waals surface area contributed by atoms with E-state index in [1.165, 1.54) is 24.3 Å². The second-order valence-corrected chi connectivity index (χ2v) is 8.33. The predicted molar refractivity (Wildman–Crippen MR) is 94.1 cm³/mol. The van der Waals surface area contributed by atoms with E-state index in [1.54, 1.807) is 10.7 Å². The van der Waals surface area contributed by atoms with Gasteiger partial charge in [0.15, 0.2) is 9.84 Å². The van der Waals surface area contributed by atoms with Crippen LogP contribution in [0, 0.1) is 6.92 Å². The highest BCUT2D eigenvalue weighted by molar-refractivity contribution is 7.91. The molecule has 24 heavy (non-hydrogen) atoms. The highest BCUT2D eigenvalue weighted by Crippen LogP contribution is 2.18. The molecule has 0 aliphatic carbocycles. The lowest BCUT2D eigenvalue weighted by Crippen LogP contribution is -2.20. The summed E-state index contributed by atoms with van der Waals surface area (Å²) in [5.74, 6) is -0.0688. The van der Waals surface area contributed by atoms with Crippen molar-refractivity contribution < 1.29 is 13.2 Å². The Labute approximate surface area is 146 Å². The number of hydrogen-bond donors (Lipinski definition) is 1. The smallest absolute Gasteiger partial charge is 0.226 e. The number of rotatable bonds is 6. The molecular formula is C16H20ClN3O3S. The molecule has 1 heterocycles. The van der Waals surface area contributed by atoms with Crippen LogP contribution < -0.4 is 5.32 Å². The van der Waals surface area contributed by atoms with Crippen LogP contribution in [0.1, 0.15) is 32.0 Å². The van der Waals surface area contributed by atoms with Crippen molar-refractivity contribution >= 4 is 33.2 Å². The molecule has 0 bridgehead atoms. The van der Waals surface area contributed by atoms with Crippen molar-refractivity contribution in [1.82, 2.24) is 9.78 Å². The third-order valence-corrected chi connectivity index (χ3v) is 5.37. The molecule has 130 valence electrons. The number of aryl methyl sites for hydroxylation is 1. The van der Waals surface area contributed by atoms with Crippen molar-refractivity contribution in [3.63, 3.8) is 0 Å². The van der Waals surface area contributed by atoms with Gasteiger partial charge in [0.1, 0.15) is 5.82 Å². The highest BCUT2D eigenvalue weighted by Gasteiger charge is 2.18. The number of nitrogens with one attached hydrogen (secondary N) is 1. The van der Waals surface area contributed by atoms with E-state index in [-0.39, 0.29) is 29.0 Å². The standard InChI is InChI=1S/C16H20ClN3O3S/c1-11(2)20-15(10-12(3)19-20)18-16(21)8-9-24(22,23)14-6-4-13(17)5-7-14/h4-7,10-11H,8-9H2,1-3H3,(H,18,21). The Bertz CT molecular complexity index is 827. The number of amides is 1. The molecule has 8 heteroatoms. The number of halogens is 1. The van der Waals surface area contributed by atoms with Crippen LogP contribution in [0.3, 0.4) is 0 Å². The number of carbonyl (C=O) groups excluding carboxylic acids is 1. The number of benzene rings is 1. The molecule has 0 aliphatic heterocycles. The molecule has 2 rings (SSSR count). The average molecular weight is 370 g/mol. The summed E-state index contributed by atoms with van der Waals surface area (Å²) in [6, 6.07) is 7.74. The van der Waals surface area contributed by atoms with E-state index in [2.05, 4.69) is 10.4 Å². The minimum absolute atomic E-state index is 0.0896. The largest absolute Gasteiger partial charge is 0.311 e. The minimum Gasteiger partial charge on any atom is -0.311 e. The zero-order chi connectivity index (χ0) is 17.9. The summed E-state index contributed by atoms with van der Waals surface area (Å²) in [5.41, 5.74) is 0.785. The van der Waals surface area contributed by atoms with Crippen LogP contribution in [0.2, 0.25) is 5.02 Å². The zero-order valence-electron chi connectivity index (χ0n) is 13.8. The molecule has 0 saturated carbocycles. The van der Waals surface area contributed by atoms with Crippen molar-refractivity contribution in [3.8, 4) is 0 Å². The minimum atomic E-state index is -3.53. The Balaban J connectivity index is 2.02. The van der Waals surface area contributed by atoms with Gasteiger partial charge in [-0.3, -0.25) is 4.79 Å². The van der Waals surface area contributed by atoms with Crippen LogP contribution in [0.15, 0.2) is 35.2 Å². The molecule has 2 aromatic rings. The van der Waals surface area contributed by atoms with Crippen LogP contribution in [0.4, 0.5) is 5.82 Å². The van der Waals surface area contributed by atoms with Crippen LogP contribution >= 0.6 is 11.6 Å². The van der Waals surface area contributed by atoms with Crippen molar-refractivity contribution in [2.24, 2.45) is 0 Å². The van der Waals surface area contributed by atoms with Gasteiger partial charge in [0.05, 0.1) is 16.3 Å². The molecule has 1 aromatic carbocycles. The Morgan fingerprint density at radius 1 is 1.29 bits per heavy atom. The van der Waals surface area contributed by atoms with Gasteiger partial charge in [0.2, 0.25) is 5.91 Å². The van der Waals surface area contributed by atoms with E-state index in [9.17, 15) is 13.2 Å². The normalized spacial score (nSPS) is 11.7. The van der Waals surface area contributed by atoms with Gasteiger partial charge in [-0.1, -0.05) is 11.6 Å². The first-order valence-corrected chi connectivity index (χ1v) is 9.56. The second kappa shape index (κ2) is 7.36. The van der Waals surface area contributed by atoms with Gasteiger partial charge in [0.25, 0.3) is 0 Å². The van der Waals surface area contributed by atoms with E-state index in [4.69, 9.17) is 11.6 Å². The molecule has 0 atom stereocenters. The average Bonchev–Trinajstić information content (AvgIpc) is 2.86. The van der Waals surface area contributed by atoms with Crippen molar-refractivity contribution in [2.75, 3.05) is 11.1 Å². The first-order chi connectivity index (χ1) is 11.2. The van der Waals surface area contributed by atoms with Crippen LogP contribution in [-0.2, 0) is 14.6 Å². The number of aromatic nitrogens is 2. The number of carbonyl (C=O) groups is 1. The van der Waals surface area contributed by atoms with Crippen LogP contribution in [0.25, 0.3) is 0 Å². The van der Waals surface area contributed by atoms with Gasteiger partial charge in [0, 0.05) is 23.6 Å². The quantitative estimate of drug-likeness (QED) is 0.847. The molecule has 1 amide bonds. The van der Waals surface area contributed by atoms with Gasteiger partial charge in [-0.05, 0) is 45.0 Å². The summed E-state index contributed by atoms with van der Waals surface area (Å²) < 4.78 is 26.2. The lowest BCUT2D eigenvalue weighted by molar-refractivity contribution is -0.115. The van der Waals surface area contributed by atoms with Crippen LogP contribution in [-0.4, -0.2) is 29.9 Å². The molecule has 0 radical (unpaired) electrons. The highest BCUT2D eigenvalue weighted by atomic mass is 35.5. The SMILES string of the molecule is Cc1cc(NC(=O)CCS(=O)(=O)c2ccc(Cl)cc2)n(C(C)C)n1.